The lowest BCUT2D eigenvalue weighted by Crippen LogP contribution is -2.48. The number of amides is 1. The summed E-state index contributed by atoms with van der Waals surface area (Å²) < 4.78 is 0. The molecule has 0 radical (unpaired) electrons. The number of hydrogen-bond acceptors (Lipinski definition) is 3. The summed E-state index contributed by atoms with van der Waals surface area (Å²) in [5.74, 6) is 1.16. The smallest absolute Gasteiger partial charge is 0.223 e. The van der Waals surface area contributed by atoms with Gasteiger partial charge in [-0.2, -0.15) is 0 Å². The number of piperidine rings is 1. The standard InChI is InChI=1S/C17H24N2OS.ClH/c1-19(15-11-13-7-8-14(12-15)18-13)17(20)9-10-21-16-5-3-2-4-6-16;/h2-6,13-15,18H,7-12H2,1H3;1H. The van der Waals surface area contributed by atoms with Gasteiger partial charge in [0.25, 0.3) is 0 Å². The first-order valence-corrected chi connectivity index (χ1v) is 8.90. The van der Waals surface area contributed by atoms with E-state index in [1.165, 1.54) is 17.7 Å². The van der Waals surface area contributed by atoms with Gasteiger partial charge in [-0.15, -0.1) is 24.2 Å². The lowest BCUT2D eigenvalue weighted by molar-refractivity contribution is -0.132. The van der Waals surface area contributed by atoms with Gasteiger partial charge in [-0.3, -0.25) is 4.79 Å². The predicted octanol–water partition coefficient (Wildman–Crippen LogP) is 3.33. The Bertz CT molecular complexity index is 473. The predicted molar refractivity (Wildman–Crippen MR) is 94.8 cm³/mol. The topological polar surface area (TPSA) is 32.3 Å². The van der Waals surface area contributed by atoms with Gasteiger partial charge in [-0.1, -0.05) is 18.2 Å². The van der Waals surface area contributed by atoms with Crippen molar-refractivity contribution in [3.63, 3.8) is 0 Å². The molecule has 2 aliphatic rings. The quantitative estimate of drug-likeness (QED) is 0.834. The molecule has 3 nitrogen and oxygen atoms in total. The molecule has 1 amide bonds. The maximum Gasteiger partial charge on any atom is 0.223 e. The molecule has 2 unspecified atom stereocenters. The molecular weight excluding hydrogens is 316 g/mol. The summed E-state index contributed by atoms with van der Waals surface area (Å²) in [7, 11) is 1.99. The van der Waals surface area contributed by atoms with Crippen LogP contribution < -0.4 is 5.32 Å². The number of hydrogen-bond donors (Lipinski definition) is 1. The van der Waals surface area contributed by atoms with Gasteiger partial charge in [0.2, 0.25) is 5.91 Å². The van der Waals surface area contributed by atoms with E-state index in [0.29, 0.717) is 30.5 Å². The zero-order valence-electron chi connectivity index (χ0n) is 13.0. The van der Waals surface area contributed by atoms with Gasteiger partial charge in [0, 0.05) is 42.2 Å². The van der Waals surface area contributed by atoms with Crippen molar-refractivity contribution in [2.45, 2.75) is 55.1 Å². The fraction of sp³-hybridized carbons (Fsp3) is 0.588. The molecule has 122 valence electrons. The van der Waals surface area contributed by atoms with E-state index in [2.05, 4.69) is 17.4 Å². The summed E-state index contributed by atoms with van der Waals surface area (Å²) >= 11 is 1.77. The van der Waals surface area contributed by atoms with Crippen molar-refractivity contribution in [3.05, 3.63) is 30.3 Å². The Morgan fingerprint density at radius 3 is 2.50 bits per heavy atom. The third-order valence-corrected chi connectivity index (χ3v) is 5.73. The normalized spacial score (nSPS) is 26.3. The number of thioether (sulfide) groups is 1. The lowest BCUT2D eigenvalue weighted by atomic mass is 9.98. The van der Waals surface area contributed by atoms with Crippen molar-refractivity contribution in [2.75, 3.05) is 12.8 Å². The van der Waals surface area contributed by atoms with Gasteiger partial charge >= 0.3 is 0 Å². The molecule has 2 aliphatic heterocycles. The zero-order chi connectivity index (χ0) is 14.7. The van der Waals surface area contributed by atoms with Crippen molar-refractivity contribution in [2.24, 2.45) is 0 Å². The number of halogens is 1. The van der Waals surface area contributed by atoms with E-state index in [-0.39, 0.29) is 12.4 Å². The highest BCUT2D eigenvalue weighted by Crippen LogP contribution is 2.29. The molecule has 3 rings (SSSR count). The molecule has 5 heteroatoms. The van der Waals surface area contributed by atoms with Gasteiger partial charge < -0.3 is 10.2 Å². The minimum Gasteiger partial charge on any atom is -0.343 e. The van der Waals surface area contributed by atoms with Crippen LogP contribution in [0.4, 0.5) is 0 Å². The van der Waals surface area contributed by atoms with E-state index in [1.54, 1.807) is 11.8 Å². The van der Waals surface area contributed by atoms with Crippen LogP contribution in [-0.4, -0.2) is 41.7 Å². The van der Waals surface area contributed by atoms with Crippen molar-refractivity contribution in [1.29, 1.82) is 0 Å². The molecular formula is C17H25ClN2OS. The van der Waals surface area contributed by atoms with Crippen LogP contribution in [-0.2, 0) is 4.79 Å². The minimum absolute atomic E-state index is 0. The molecule has 1 aromatic rings. The fourth-order valence-electron chi connectivity index (χ4n) is 3.50. The Morgan fingerprint density at radius 2 is 1.86 bits per heavy atom. The van der Waals surface area contributed by atoms with E-state index in [0.717, 1.165) is 18.6 Å². The van der Waals surface area contributed by atoms with Crippen LogP contribution in [0, 0.1) is 0 Å². The molecule has 2 heterocycles. The van der Waals surface area contributed by atoms with Gasteiger partial charge in [0.15, 0.2) is 0 Å². The van der Waals surface area contributed by atoms with Crippen molar-refractivity contribution in [3.8, 4) is 0 Å². The van der Waals surface area contributed by atoms with Crippen molar-refractivity contribution >= 4 is 30.1 Å². The van der Waals surface area contributed by atoms with Crippen LogP contribution in [0.5, 0.6) is 0 Å². The molecule has 2 saturated heterocycles. The number of rotatable bonds is 5. The van der Waals surface area contributed by atoms with Gasteiger partial charge in [0.05, 0.1) is 0 Å². The fourth-order valence-corrected chi connectivity index (χ4v) is 4.36. The van der Waals surface area contributed by atoms with Crippen LogP contribution in [0.15, 0.2) is 35.2 Å². The van der Waals surface area contributed by atoms with E-state index in [1.807, 2.05) is 30.1 Å². The summed E-state index contributed by atoms with van der Waals surface area (Å²) in [6.45, 7) is 0. The molecule has 0 aromatic heterocycles. The maximum atomic E-state index is 12.4. The zero-order valence-corrected chi connectivity index (χ0v) is 14.7. The third-order valence-electron chi connectivity index (χ3n) is 4.72. The van der Waals surface area contributed by atoms with Crippen LogP contribution in [0.3, 0.4) is 0 Å². The molecule has 0 spiro atoms. The number of nitrogens with zero attached hydrogens (tertiary/aromatic N) is 1. The first-order valence-electron chi connectivity index (χ1n) is 7.92. The van der Waals surface area contributed by atoms with E-state index in [4.69, 9.17) is 0 Å². The van der Waals surface area contributed by atoms with Crippen LogP contribution in [0.2, 0.25) is 0 Å². The van der Waals surface area contributed by atoms with Crippen molar-refractivity contribution in [1.82, 2.24) is 10.2 Å². The molecule has 2 fully saturated rings. The highest BCUT2D eigenvalue weighted by molar-refractivity contribution is 7.99. The second-order valence-corrected chi connectivity index (χ2v) is 7.35. The second-order valence-electron chi connectivity index (χ2n) is 6.18. The average Bonchev–Trinajstić information content (AvgIpc) is 2.85. The Hall–Kier alpha value is -0.710. The average molecular weight is 341 g/mol. The highest BCUT2D eigenvalue weighted by atomic mass is 35.5. The highest BCUT2D eigenvalue weighted by Gasteiger charge is 2.36. The molecule has 1 aromatic carbocycles. The van der Waals surface area contributed by atoms with Gasteiger partial charge in [-0.05, 0) is 37.8 Å². The Morgan fingerprint density at radius 1 is 1.23 bits per heavy atom. The van der Waals surface area contributed by atoms with Crippen LogP contribution in [0.1, 0.15) is 32.1 Å². The number of fused-ring (bicyclic) bond motifs is 2. The maximum absolute atomic E-state index is 12.4. The molecule has 0 aliphatic carbocycles. The summed E-state index contributed by atoms with van der Waals surface area (Å²) in [5.41, 5.74) is 0. The largest absolute Gasteiger partial charge is 0.343 e. The van der Waals surface area contributed by atoms with Crippen LogP contribution >= 0.6 is 24.2 Å². The van der Waals surface area contributed by atoms with E-state index in [9.17, 15) is 4.79 Å². The molecule has 2 bridgehead atoms. The molecule has 22 heavy (non-hydrogen) atoms. The Labute approximate surface area is 143 Å². The first kappa shape index (κ1) is 17.6. The van der Waals surface area contributed by atoms with Crippen molar-refractivity contribution < 1.29 is 4.79 Å². The summed E-state index contributed by atoms with van der Waals surface area (Å²) in [6.07, 6.45) is 5.46. The Kier molecular flexibility index (Phi) is 6.60. The summed E-state index contributed by atoms with van der Waals surface area (Å²) in [4.78, 5) is 15.6. The Balaban J connectivity index is 0.00000176. The van der Waals surface area contributed by atoms with E-state index < -0.39 is 0 Å². The van der Waals surface area contributed by atoms with E-state index >= 15 is 0 Å². The summed E-state index contributed by atoms with van der Waals surface area (Å²) in [6, 6.07) is 12.0. The van der Waals surface area contributed by atoms with Gasteiger partial charge in [0.1, 0.15) is 0 Å². The molecule has 2 atom stereocenters. The van der Waals surface area contributed by atoms with Gasteiger partial charge in [-0.25, -0.2) is 0 Å². The SMILES string of the molecule is CN(C(=O)CCSc1ccccc1)C1CC2CCC(C1)N2.Cl. The number of benzene rings is 1. The second kappa shape index (κ2) is 8.23. The third kappa shape index (κ3) is 4.40. The number of carbonyl (C=O) groups is 1. The minimum atomic E-state index is 0. The number of carbonyl (C=O) groups excluding carboxylic acids is 1. The monoisotopic (exact) mass is 340 g/mol. The molecule has 1 N–H and O–H groups in total. The lowest BCUT2D eigenvalue weighted by Gasteiger charge is -2.35. The number of nitrogens with one attached hydrogen (secondary N) is 1. The molecule has 0 saturated carbocycles. The first-order chi connectivity index (χ1) is 10.2. The van der Waals surface area contributed by atoms with Crippen LogP contribution in [0.25, 0.3) is 0 Å². The summed E-state index contributed by atoms with van der Waals surface area (Å²) in [5, 5.41) is 3.64.